The molecule has 0 bridgehead atoms. The normalized spacial score (nSPS) is 13.8. The second kappa shape index (κ2) is 9.76. The molecule has 0 spiro atoms. The van der Waals surface area contributed by atoms with Crippen LogP contribution >= 0.6 is 0 Å². The standard InChI is InChI=1S/C16H31N5O3S/c1-12(11-15-13(2)20-21(5)14(15)3)19-16(17-4)18-7-8-24-9-10-25(6,22)23/h12H,7-11H2,1-6H3,(H2,17,18,19). The number of nitrogens with one attached hydrogen (secondary N) is 2. The summed E-state index contributed by atoms with van der Waals surface area (Å²) in [6.45, 7) is 7.38. The molecular weight excluding hydrogens is 342 g/mol. The SMILES string of the molecule is CN=C(NCCOCCS(C)(=O)=O)NC(C)Cc1c(C)nn(C)c1C. The zero-order valence-electron chi connectivity index (χ0n) is 16.1. The fourth-order valence-electron chi connectivity index (χ4n) is 2.45. The quantitative estimate of drug-likeness (QED) is 0.364. The zero-order valence-corrected chi connectivity index (χ0v) is 16.9. The highest BCUT2D eigenvalue weighted by Gasteiger charge is 2.13. The Bertz CT molecular complexity index is 682. The molecule has 1 unspecified atom stereocenters. The van der Waals surface area contributed by atoms with Gasteiger partial charge in [0.15, 0.2) is 5.96 Å². The van der Waals surface area contributed by atoms with Gasteiger partial charge in [-0.25, -0.2) is 8.42 Å². The molecule has 9 heteroatoms. The van der Waals surface area contributed by atoms with E-state index in [0.29, 0.717) is 19.1 Å². The van der Waals surface area contributed by atoms with Crippen molar-refractivity contribution in [2.24, 2.45) is 12.0 Å². The lowest BCUT2D eigenvalue weighted by molar-refractivity contribution is 0.154. The number of aliphatic imine (C=N–C) groups is 1. The first-order valence-electron chi connectivity index (χ1n) is 8.35. The number of guanidine groups is 1. The Labute approximate surface area is 151 Å². The second-order valence-corrected chi connectivity index (χ2v) is 8.52. The molecule has 1 aromatic rings. The Morgan fingerprint density at radius 3 is 2.56 bits per heavy atom. The summed E-state index contributed by atoms with van der Waals surface area (Å²) in [6, 6.07) is 0.193. The van der Waals surface area contributed by atoms with Crippen LogP contribution in [0, 0.1) is 13.8 Å². The number of ether oxygens (including phenoxy) is 1. The van der Waals surface area contributed by atoms with E-state index >= 15 is 0 Å². The molecule has 1 aromatic heterocycles. The minimum absolute atomic E-state index is 0.0425. The van der Waals surface area contributed by atoms with Crippen molar-refractivity contribution in [2.75, 3.05) is 38.8 Å². The average molecular weight is 374 g/mol. The zero-order chi connectivity index (χ0) is 19.0. The summed E-state index contributed by atoms with van der Waals surface area (Å²) in [7, 11) is 0.696. The molecule has 1 atom stereocenters. The lowest BCUT2D eigenvalue weighted by Gasteiger charge is -2.18. The monoisotopic (exact) mass is 373 g/mol. The van der Waals surface area contributed by atoms with Gasteiger partial charge in [-0.1, -0.05) is 0 Å². The van der Waals surface area contributed by atoms with Crippen molar-refractivity contribution in [3.63, 3.8) is 0 Å². The molecule has 144 valence electrons. The van der Waals surface area contributed by atoms with Gasteiger partial charge in [0.25, 0.3) is 0 Å². The maximum absolute atomic E-state index is 11.0. The Morgan fingerprint density at radius 1 is 1.36 bits per heavy atom. The van der Waals surface area contributed by atoms with Gasteiger partial charge in [0.05, 0.1) is 24.7 Å². The van der Waals surface area contributed by atoms with Crippen LogP contribution in [0.25, 0.3) is 0 Å². The minimum Gasteiger partial charge on any atom is -0.379 e. The van der Waals surface area contributed by atoms with Crippen molar-refractivity contribution in [1.29, 1.82) is 0 Å². The molecule has 0 aliphatic heterocycles. The van der Waals surface area contributed by atoms with Crippen molar-refractivity contribution in [1.82, 2.24) is 20.4 Å². The second-order valence-electron chi connectivity index (χ2n) is 6.26. The predicted molar refractivity (Wildman–Crippen MR) is 101 cm³/mol. The van der Waals surface area contributed by atoms with Crippen LogP contribution in [0.4, 0.5) is 0 Å². The molecule has 1 heterocycles. The van der Waals surface area contributed by atoms with Crippen LogP contribution in [0.2, 0.25) is 0 Å². The Hall–Kier alpha value is -1.61. The van der Waals surface area contributed by atoms with Gasteiger partial charge in [-0.15, -0.1) is 0 Å². The van der Waals surface area contributed by atoms with Crippen molar-refractivity contribution < 1.29 is 13.2 Å². The molecule has 0 radical (unpaired) electrons. The van der Waals surface area contributed by atoms with Gasteiger partial charge in [0.1, 0.15) is 9.84 Å². The Kier molecular flexibility index (Phi) is 8.37. The number of hydrogen-bond donors (Lipinski definition) is 2. The van der Waals surface area contributed by atoms with Gasteiger partial charge in [0, 0.05) is 38.6 Å². The maximum atomic E-state index is 11.0. The van der Waals surface area contributed by atoms with E-state index in [4.69, 9.17) is 4.74 Å². The first-order valence-corrected chi connectivity index (χ1v) is 10.4. The highest BCUT2D eigenvalue weighted by atomic mass is 32.2. The van der Waals surface area contributed by atoms with Crippen LogP contribution in [0.5, 0.6) is 0 Å². The number of rotatable bonds is 9. The van der Waals surface area contributed by atoms with Crippen LogP contribution in [0.15, 0.2) is 4.99 Å². The summed E-state index contributed by atoms with van der Waals surface area (Å²) in [5.74, 6) is 0.735. The maximum Gasteiger partial charge on any atom is 0.191 e. The van der Waals surface area contributed by atoms with Gasteiger partial charge in [0.2, 0.25) is 0 Å². The van der Waals surface area contributed by atoms with Gasteiger partial charge >= 0.3 is 0 Å². The predicted octanol–water partition coefficient (Wildman–Crippen LogP) is 0.194. The molecular formula is C16H31N5O3S. The first kappa shape index (κ1) is 21.4. The van der Waals surface area contributed by atoms with Crippen LogP contribution in [0.1, 0.15) is 23.9 Å². The van der Waals surface area contributed by atoms with Crippen LogP contribution < -0.4 is 10.6 Å². The van der Waals surface area contributed by atoms with Crippen LogP contribution in [0.3, 0.4) is 0 Å². The molecule has 0 saturated carbocycles. The summed E-state index contributed by atoms with van der Waals surface area (Å²) in [5.41, 5.74) is 3.48. The summed E-state index contributed by atoms with van der Waals surface area (Å²) in [6.07, 6.45) is 2.06. The number of nitrogens with zero attached hydrogens (tertiary/aromatic N) is 3. The molecule has 0 aliphatic rings. The number of sulfone groups is 1. The molecule has 0 fully saturated rings. The van der Waals surface area contributed by atoms with Crippen molar-refractivity contribution >= 4 is 15.8 Å². The molecule has 1 rings (SSSR count). The molecule has 25 heavy (non-hydrogen) atoms. The molecule has 8 nitrogen and oxygen atoms in total. The van der Waals surface area contributed by atoms with E-state index < -0.39 is 9.84 Å². The average Bonchev–Trinajstić information content (AvgIpc) is 2.74. The number of aromatic nitrogens is 2. The van der Waals surface area contributed by atoms with E-state index in [1.165, 1.54) is 17.5 Å². The fraction of sp³-hybridized carbons (Fsp3) is 0.750. The van der Waals surface area contributed by atoms with Gasteiger partial charge in [-0.2, -0.15) is 5.10 Å². The van der Waals surface area contributed by atoms with E-state index in [1.54, 1.807) is 7.05 Å². The Morgan fingerprint density at radius 2 is 2.04 bits per heavy atom. The van der Waals surface area contributed by atoms with Gasteiger partial charge in [-0.3, -0.25) is 9.67 Å². The smallest absolute Gasteiger partial charge is 0.191 e. The summed E-state index contributed by atoms with van der Waals surface area (Å²) in [4.78, 5) is 4.20. The van der Waals surface area contributed by atoms with Crippen LogP contribution in [-0.2, 0) is 28.0 Å². The Balaban J connectivity index is 2.35. The molecule has 0 amide bonds. The summed E-state index contributed by atoms with van der Waals surface area (Å²) < 4.78 is 29.2. The topological polar surface area (TPSA) is 97.6 Å². The van der Waals surface area contributed by atoms with E-state index in [2.05, 4.69) is 34.6 Å². The van der Waals surface area contributed by atoms with Crippen LogP contribution in [-0.4, -0.2) is 69.0 Å². The lowest BCUT2D eigenvalue weighted by Crippen LogP contribution is -2.44. The number of hydrogen-bond acceptors (Lipinski definition) is 5. The van der Waals surface area contributed by atoms with Gasteiger partial charge in [-0.05, 0) is 32.8 Å². The third-order valence-corrected chi connectivity index (χ3v) is 4.82. The van der Waals surface area contributed by atoms with E-state index in [1.807, 2.05) is 18.7 Å². The van der Waals surface area contributed by atoms with E-state index in [0.717, 1.165) is 12.1 Å². The van der Waals surface area contributed by atoms with Gasteiger partial charge < -0.3 is 15.4 Å². The number of aryl methyl sites for hydroxylation is 2. The molecule has 0 aromatic carbocycles. The fourth-order valence-corrected chi connectivity index (χ4v) is 2.87. The highest BCUT2D eigenvalue weighted by molar-refractivity contribution is 7.90. The first-order chi connectivity index (χ1) is 11.6. The summed E-state index contributed by atoms with van der Waals surface area (Å²) in [5, 5.41) is 10.9. The molecule has 0 saturated heterocycles. The van der Waals surface area contributed by atoms with Crippen molar-refractivity contribution in [3.05, 3.63) is 17.0 Å². The summed E-state index contributed by atoms with van der Waals surface area (Å²) >= 11 is 0. The van der Waals surface area contributed by atoms with E-state index in [9.17, 15) is 8.42 Å². The molecule has 0 aliphatic carbocycles. The molecule has 2 N–H and O–H groups in total. The third-order valence-electron chi connectivity index (χ3n) is 3.91. The van der Waals surface area contributed by atoms with Crippen molar-refractivity contribution in [2.45, 2.75) is 33.2 Å². The van der Waals surface area contributed by atoms with E-state index in [-0.39, 0.29) is 18.4 Å². The van der Waals surface area contributed by atoms with Crippen molar-refractivity contribution in [3.8, 4) is 0 Å². The lowest BCUT2D eigenvalue weighted by atomic mass is 10.1. The largest absolute Gasteiger partial charge is 0.379 e. The third kappa shape index (κ3) is 7.87. The minimum atomic E-state index is -2.97. The highest BCUT2D eigenvalue weighted by Crippen LogP contribution is 2.13.